The normalized spacial score (nSPS) is 10.8. The number of hydrogen-bond donors (Lipinski definition) is 1. The first-order valence-corrected chi connectivity index (χ1v) is 9.57. The minimum atomic E-state index is 0.0327. The van der Waals surface area contributed by atoms with Crippen LogP contribution in [0.2, 0.25) is 0 Å². The average Bonchev–Trinajstić information content (AvgIpc) is 2.71. The Morgan fingerprint density at radius 3 is 2.15 bits per heavy atom. The van der Waals surface area contributed by atoms with E-state index in [4.69, 9.17) is 10.5 Å². The van der Waals surface area contributed by atoms with E-state index in [1.54, 1.807) is 31.4 Å². The summed E-state index contributed by atoms with van der Waals surface area (Å²) in [6.45, 7) is 8.66. The van der Waals surface area contributed by atoms with Gasteiger partial charge >= 0.3 is 0 Å². The van der Waals surface area contributed by atoms with Crippen molar-refractivity contribution in [2.24, 2.45) is 0 Å². The van der Waals surface area contributed by atoms with Crippen LogP contribution in [0.1, 0.15) is 36.2 Å². The van der Waals surface area contributed by atoms with Crippen LogP contribution < -0.4 is 10.5 Å². The molecule has 0 aliphatic heterocycles. The van der Waals surface area contributed by atoms with Crippen molar-refractivity contribution < 1.29 is 9.53 Å². The molecule has 0 heterocycles. The number of carbonyl (C=O) groups is 1. The van der Waals surface area contributed by atoms with Crippen molar-refractivity contribution in [3.8, 4) is 5.75 Å². The van der Waals surface area contributed by atoms with E-state index in [9.17, 15) is 4.79 Å². The van der Waals surface area contributed by atoms with Crippen molar-refractivity contribution in [1.82, 2.24) is 9.80 Å². The Morgan fingerprint density at radius 1 is 0.963 bits per heavy atom. The summed E-state index contributed by atoms with van der Waals surface area (Å²) in [6.07, 6.45) is 0.943. The summed E-state index contributed by atoms with van der Waals surface area (Å²) >= 11 is 0. The quantitative estimate of drug-likeness (QED) is 0.650. The van der Waals surface area contributed by atoms with Gasteiger partial charge in [-0.25, -0.2) is 0 Å². The van der Waals surface area contributed by atoms with Crippen LogP contribution in [0.25, 0.3) is 0 Å². The molecule has 0 aliphatic rings. The highest BCUT2D eigenvalue weighted by atomic mass is 16.5. The Balaban J connectivity index is 2.10. The van der Waals surface area contributed by atoms with Gasteiger partial charge in [-0.3, -0.25) is 4.79 Å². The Hall–Kier alpha value is -2.53. The zero-order valence-corrected chi connectivity index (χ0v) is 16.6. The number of nitrogens with two attached hydrogens (primary N) is 1. The number of nitrogen functional groups attached to an aromatic ring is 1. The fourth-order valence-corrected chi connectivity index (χ4v) is 3.04. The van der Waals surface area contributed by atoms with Gasteiger partial charge in [-0.15, -0.1) is 0 Å². The fraction of sp³-hybridized carbons (Fsp3) is 0.409. The number of carbonyl (C=O) groups excluding carboxylic acids is 1. The number of hydrogen-bond acceptors (Lipinski definition) is 4. The predicted molar refractivity (Wildman–Crippen MR) is 111 cm³/mol. The van der Waals surface area contributed by atoms with E-state index in [1.165, 1.54) is 0 Å². The molecule has 2 N–H and O–H groups in total. The second-order valence-corrected chi connectivity index (χ2v) is 6.58. The summed E-state index contributed by atoms with van der Waals surface area (Å²) in [7, 11) is 1.65. The number of rotatable bonds is 10. The topological polar surface area (TPSA) is 58.8 Å². The zero-order chi connectivity index (χ0) is 19.6. The second-order valence-electron chi connectivity index (χ2n) is 6.58. The molecule has 0 aliphatic carbocycles. The van der Waals surface area contributed by atoms with Gasteiger partial charge in [0.25, 0.3) is 5.91 Å². The maximum atomic E-state index is 13.0. The molecule has 0 fully saturated rings. The molecule has 0 atom stereocenters. The van der Waals surface area contributed by atoms with E-state index in [0.29, 0.717) is 24.3 Å². The second kappa shape index (κ2) is 10.6. The van der Waals surface area contributed by atoms with Gasteiger partial charge in [-0.05, 0) is 68.0 Å². The number of amides is 1. The van der Waals surface area contributed by atoms with Crippen LogP contribution in [-0.2, 0) is 6.54 Å². The molecule has 0 unspecified atom stereocenters. The molecule has 5 nitrogen and oxygen atoms in total. The van der Waals surface area contributed by atoms with Gasteiger partial charge < -0.3 is 20.3 Å². The van der Waals surface area contributed by atoms with E-state index in [2.05, 4.69) is 18.7 Å². The third-order valence-corrected chi connectivity index (χ3v) is 4.77. The molecule has 146 valence electrons. The molecule has 27 heavy (non-hydrogen) atoms. The van der Waals surface area contributed by atoms with E-state index in [1.807, 2.05) is 29.2 Å². The highest BCUT2D eigenvalue weighted by molar-refractivity contribution is 5.94. The molecule has 1 amide bonds. The molecule has 0 aromatic heterocycles. The summed E-state index contributed by atoms with van der Waals surface area (Å²) in [4.78, 5) is 17.3. The van der Waals surface area contributed by atoms with E-state index < -0.39 is 0 Å². The number of nitrogens with zero attached hydrogens (tertiary/aromatic N) is 2. The summed E-state index contributed by atoms with van der Waals surface area (Å²) < 4.78 is 5.22. The average molecular weight is 370 g/mol. The molecule has 2 aromatic carbocycles. The van der Waals surface area contributed by atoms with Gasteiger partial charge in [0.2, 0.25) is 0 Å². The molecule has 0 bridgehead atoms. The maximum Gasteiger partial charge on any atom is 0.254 e. The molecular formula is C22H31N3O2. The third kappa shape index (κ3) is 6.29. The van der Waals surface area contributed by atoms with Gasteiger partial charge in [-0.2, -0.15) is 0 Å². The van der Waals surface area contributed by atoms with Crippen molar-refractivity contribution in [2.75, 3.05) is 39.0 Å². The highest BCUT2D eigenvalue weighted by Crippen LogP contribution is 2.16. The van der Waals surface area contributed by atoms with Crippen LogP contribution in [0, 0.1) is 0 Å². The van der Waals surface area contributed by atoms with Gasteiger partial charge in [0.15, 0.2) is 0 Å². The molecule has 0 radical (unpaired) electrons. The number of ether oxygens (including phenoxy) is 1. The largest absolute Gasteiger partial charge is 0.497 e. The lowest BCUT2D eigenvalue weighted by molar-refractivity contribution is 0.0735. The van der Waals surface area contributed by atoms with Crippen molar-refractivity contribution in [3.05, 3.63) is 59.7 Å². The Bertz CT molecular complexity index is 695. The number of benzene rings is 2. The van der Waals surface area contributed by atoms with E-state index in [0.717, 1.165) is 37.4 Å². The van der Waals surface area contributed by atoms with Crippen molar-refractivity contribution in [2.45, 2.75) is 26.8 Å². The first-order chi connectivity index (χ1) is 13.1. The minimum absolute atomic E-state index is 0.0327. The third-order valence-electron chi connectivity index (χ3n) is 4.77. The van der Waals surface area contributed by atoms with Gasteiger partial charge in [0.1, 0.15) is 5.75 Å². The van der Waals surface area contributed by atoms with Crippen LogP contribution in [0.4, 0.5) is 5.69 Å². The summed E-state index contributed by atoms with van der Waals surface area (Å²) in [6, 6.07) is 15.0. The lowest BCUT2D eigenvalue weighted by Gasteiger charge is -2.25. The fourth-order valence-electron chi connectivity index (χ4n) is 3.04. The highest BCUT2D eigenvalue weighted by Gasteiger charge is 2.16. The maximum absolute atomic E-state index is 13.0. The summed E-state index contributed by atoms with van der Waals surface area (Å²) in [5.41, 5.74) is 8.17. The molecule has 0 spiro atoms. The Labute approximate surface area is 162 Å². The molecular weight excluding hydrogens is 338 g/mol. The van der Waals surface area contributed by atoms with Gasteiger partial charge in [-0.1, -0.05) is 26.0 Å². The van der Waals surface area contributed by atoms with Crippen molar-refractivity contribution in [1.29, 1.82) is 0 Å². The lowest BCUT2D eigenvalue weighted by atomic mass is 10.1. The SMILES string of the molecule is CCN(CC)CCCN(Cc1ccc(OC)cc1)C(=O)c1ccc(N)cc1. The molecule has 0 saturated carbocycles. The molecule has 0 saturated heterocycles. The first-order valence-electron chi connectivity index (χ1n) is 9.57. The standard InChI is InChI=1S/C22H31N3O2/c1-4-24(5-2)15-6-16-25(17-18-7-13-21(27-3)14-8-18)22(26)19-9-11-20(23)12-10-19/h7-14H,4-6,15-17,23H2,1-3H3. The number of anilines is 1. The van der Waals surface area contributed by atoms with Crippen molar-refractivity contribution >= 4 is 11.6 Å². The van der Waals surface area contributed by atoms with Crippen LogP contribution in [0.3, 0.4) is 0 Å². The molecule has 2 aromatic rings. The van der Waals surface area contributed by atoms with E-state index >= 15 is 0 Å². The zero-order valence-electron chi connectivity index (χ0n) is 16.6. The molecule has 2 rings (SSSR count). The molecule has 5 heteroatoms. The summed E-state index contributed by atoms with van der Waals surface area (Å²) in [5, 5.41) is 0. The monoisotopic (exact) mass is 369 g/mol. The Kier molecular flexibility index (Phi) is 8.14. The summed E-state index contributed by atoms with van der Waals surface area (Å²) in [5.74, 6) is 0.849. The van der Waals surface area contributed by atoms with Crippen LogP contribution in [0.5, 0.6) is 5.75 Å². The Morgan fingerprint density at radius 2 is 1.59 bits per heavy atom. The smallest absolute Gasteiger partial charge is 0.254 e. The van der Waals surface area contributed by atoms with Crippen LogP contribution >= 0.6 is 0 Å². The number of methoxy groups -OCH3 is 1. The first kappa shape index (κ1) is 20.8. The van der Waals surface area contributed by atoms with Crippen LogP contribution in [0.15, 0.2) is 48.5 Å². The van der Waals surface area contributed by atoms with Crippen LogP contribution in [-0.4, -0.2) is 49.0 Å². The van der Waals surface area contributed by atoms with Crippen molar-refractivity contribution in [3.63, 3.8) is 0 Å². The lowest BCUT2D eigenvalue weighted by Crippen LogP contribution is -2.34. The minimum Gasteiger partial charge on any atom is -0.497 e. The predicted octanol–water partition coefficient (Wildman–Crippen LogP) is 3.65. The van der Waals surface area contributed by atoms with E-state index in [-0.39, 0.29) is 5.91 Å². The van der Waals surface area contributed by atoms with Gasteiger partial charge in [0, 0.05) is 24.3 Å². The van der Waals surface area contributed by atoms with Gasteiger partial charge in [0.05, 0.1) is 7.11 Å².